The number of carbonyl (C=O) groups is 1. The minimum absolute atomic E-state index is 0.168. The first-order valence-electron chi connectivity index (χ1n) is 10.2. The first-order valence-corrected chi connectivity index (χ1v) is 10.2. The lowest BCUT2D eigenvalue weighted by Gasteiger charge is -2.30. The molecule has 4 nitrogen and oxygen atoms in total. The molecule has 2 aromatic carbocycles. The Labute approximate surface area is 161 Å². The molecule has 0 spiro atoms. The zero-order valence-electron chi connectivity index (χ0n) is 16.1. The summed E-state index contributed by atoms with van der Waals surface area (Å²) < 4.78 is 6.22. The zero-order chi connectivity index (χ0) is 18.8. The van der Waals surface area contributed by atoms with Crippen LogP contribution in [0.3, 0.4) is 0 Å². The van der Waals surface area contributed by atoms with Crippen LogP contribution in [0, 0.1) is 11.8 Å². The van der Waals surface area contributed by atoms with E-state index in [0.29, 0.717) is 12.0 Å². The molecular formula is C23H29NO3. The summed E-state index contributed by atoms with van der Waals surface area (Å²) in [5.41, 5.74) is 1.29. The van der Waals surface area contributed by atoms with Crippen LogP contribution in [-0.2, 0) is 11.3 Å². The Balaban J connectivity index is 1.40. The van der Waals surface area contributed by atoms with Gasteiger partial charge in [0.15, 0.2) is 0 Å². The maximum Gasteiger partial charge on any atom is 0.306 e. The average Bonchev–Trinajstić information content (AvgIpc) is 3.07. The van der Waals surface area contributed by atoms with Gasteiger partial charge in [-0.3, -0.25) is 9.69 Å². The highest BCUT2D eigenvalue weighted by atomic mass is 16.5. The molecule has 144 valence electrons. The molecule has 1 saturated carbocycles. The van der Waals surface area contributed by atoms with Gasteiger partial charge in [0, 0.05) is 6.54 Å². The van der Waals surface area contributed by atoms with Gasteiger partial charge >= 0.3 is 5.97 Å². The standard InChI is InChI=1S/C23H29NO3/c1-16-3-2-4-22(16)27-21-8-7-19-13-17(5-6-20(19)14-21)15-24-11-9-18(10-12-24)23(25)26/h5-8,13-14,16,18,22H,2-4,9-12,15H2,1H3,(H,25,26)/t16-,22-/m1/s1. The quantitative estimate of drug-likeness (QED) is 0.832. The van der Waals surface area contributed by atoms with Crippen LogP contribution in [-0.4, -0.2) is 35.2 Å². The van der Waals surface area contributed by atoms with Crippen LogP contribution < -0.4 is 4.74 Å². The lowest BCUT2D eigenvalue weighted by molar-refractivity contribution is -0.143. The van der Waals surface area contributed by atoms with Crippen molar-refractivity contribution in [3.8, 4) is 5.75 Å². The molecule has 1 aliphatic heterocycles. The van der Waals surface area contributed by atoms with Gasteiger partial charge in [0.2, 0.25) is 0 Å². The fraction of sp³-hybridized carbons (Fsp3) is 0.522. The number of ether oxygens (including phenoxy) is 1. The van der Waals surface area contributed by atoms with Crippen molar-refractivity contribution in [2.45, 2.75) is 51.7 Å². The summed E-state index contributed by atoms with van der Waals surface area (Å²) in [6.45, 7) is 4.90. The van der Waals surface area contributed by atoms with Gasteiger partial charge < -0.3 is 9.84 Å². The summed E-state index contributed by atoms with van der Waals surface area (Å²) in [6, 6.07) is 13.0. The molecule has 0 unspecified atom stereocenters. The van der Waals surface area contributed by atoms with Gasteiger partial charge in [0.05, 0.1) is 5.92 Å². The second kappa shape index (κ2) is 7.89. The van der Waals surface area contributed by atoms with Gasteiger partial charge in [-0.05, 0) is 85.6 Å². The summed E-state index contributed by atoms with van der Waals surface area (Å²) in [4.78, 5) is 13.5. The number of carboxylic acid groups (broad SMARTS) is 1. The number of rotatable bonds is 5. The molecule has 2 aliphatic rings. The maximum atomic E-state index is 11.1. The van der Waals surface area contributed by atoms with E-state index in [4.69, 9.17) is 9.84 Å². The van der Waals surface area contributed by atoms with Crippen molar-refractivity contribution in [1.29, 1.82) is 0 Å². The monoisotopic (exact) mass is 367 g/mol. The molecule has 27 heavy (non-hydrogen) atoms. The van der Waals surface area contributed by atoms with Gasteiger partial charge in [-0.1, -0.05) is 25.1 Å². The van der Waals surface area contributed by atoms with Gasteiger partial charge in [-0.15, -0.1) is 0 Å². The third-order valence-electron chi connectivity index (χ3n) is 6.29. The fourth-order valence-electron chi connectivity index (χ4n) is 4.50. The van der Waals surface area contributed by atoms with E-state index < -0.39 is 5.97 Å². The average molecular weight is 367 g/mol. The highest BCUT2D eigenvalue weighted by Gasteiger charge is 2.25. The molecule has 2 fully saturated rings. The van der Waals surface area contributed by atoms with Gasteiger partial charge in [-0.2, -0.15) is 0 Å². The van der Waals surface area contributed by atoms with E-state index in [1.165, 1.54) is 29.2 Å². The number of carboxylic acids is 1. The lowest BCUT2D eigenvalue weighted by Crippen LogP contribution is -2.35. The third kappa shape index (κ3) is 4.27. The molecule has 4 rings (SSSR count). The smallest absolute Gasteiger partial charge is 0.306 e. The number of aliphatic carboxylic acids is 1. The number of fused-ring (bicyclic) bond motifs is 1. The highest BCUT2D eigenvalue weighted by molar-refractivity contribution is 5.84. The Hall–Kier alpha value is -2.07. The van der Waals surface area contributed by atoms with E-state index in [1.54, 1.807) is 0 Å². The number of benzene rings is 2. The Morgan fingerprint density at radius 3 is 2.52 bits per heavy atom. The normalized spacial score (nSPS) is 24.3. The fourth-order valence-corrected chi connectivity index (χ4v) is 4.50. The molecule has 0 aromatic heterocycles. The minimum Gasteiger partial charge on any atom is -0.490 e. The predicted molar refractivity (Wildman–Crippen MR) is 107 cm³/mol. The molecule has 0 amide bonds. The molecule has 1 heterocycles. The molecule has 2 aromatic rings. The number of hydrogen-bond donors (Lipinski definition) is 1. The zero-order valence-corrected chi connectivity index (χ0v) is 16.1. The summed E-state index contributed by atoms with van der Waals surface area (Å²) in [7, 11) is 0. The minimum atomic E-state index is -0.648. The first-order chi connectivity index (χ1) is 13.1. The second-order valence-electron chi connectivity index (χ2n) is 8.30. The van der Waals surface area contributed by atoms with Crippen LogP contribution in [0.15, 0.2) is 36.4 Å². The molecular weight excluding hydrogens is 338 g/mol. The van der Waals surface area contributed by atoms with Crippen molar-refractivity contribution in [3.05, 3.63) is 42.0 Å². The third-order valence-corrected chi connectivity index (χ3v) is 6.29. The lowest BCUT2D eigenvalue weighted by atomic mass is 9.96. The van der Waals surface area contributed by atoms with Crippen molar-refractivity contribution in [3.63, 3.8) is 0 Å². The topological polar surface area (TPSA) is 49.8 Å². The van der Waals surface area contributed by atoms with Crippen molar-refractivity contribution in [2.75, 3.05) is 13.1 Å². The van der Waals surface area contributed by atoms with Gasteiger partial charge in [0.25, 0.3) is 0 Å². The maximum absolute atomic E-state index is 11.1. The second-order valence-corrected chi connectivity index (χ2v) is 8.30. The SMILES string of the molecule is C[C@@H]1CCC[C@H]1Oc1ccc2cc(CN3CCC(C(=O)O)CC3)ccc2c1. The van der Waals surface area contributed by atoms with E-state index in [0.717, 1.165) is 44.6 Å². The molecule has 1 N–H and O–H groups in total. The van der Waals surface area contributed by atoms with Crippen LogP contribution in [0.4, 0.5) is 0 Å². The molecule has 1 saturated heterocycles. The molecule has 0 bridgehead atoms. The van der Waals surface area contributed by atoms with Crippen molar-refractivity contribution in [2.24, 2.45) is 11.8 Å². The van der Waals surface area contributed by atoms with Crippen LogP contribution in [0.5, 0.6) is 5.75 Å². The van der Waals surface area contributed by atoms with E-state index in [9.17, 15) is 4.79 Å². The Kier molecular flexibility index (Phi) is 5.35. The molecule has 4 heteroatoms. The van der Waals surface area contributed by atoms with Gasteiger partial charge in [0.1, 0.15) is 11.9 Å². The molecule has 0 radical (unpaired) electrons. The molecule has 1 aliphatic carbocycles. The number of piperidine rings is 1. The van der Waals surface area contributed by atoms with E-state index in [2.05, 4.69) is 48.2 Å². The van der Waals surface area contributed by atoms with E-state index in [1.807, 2.05) is 0 Å². The Morgan fingerprint density at radius 2 is 1.81 bits per heavy atom. The summed E-state index contributed by atoms with van der Waals surface area (Å²) >= 11 is 0. The summed E-state index contributed by atoms with van der Waals surface area (Å²) in [6.07, 6.45) is 5.57. The van der Waals surface area contributed by atoms with Gasteiger partial charge in [-0.25, -0.2) is 0 Å². The number of likely N-dealkylation sites (tertiary alicyclic amines) is 1. The van der Waals surface area contributed by atoms with Crippen LogP contribution in [0.25, 0.3) is 10.8 Å². The molecule has 2 atom stereocenters. The van der Waals surface area contributed by atoms with Crippen LogP contribution in [0.1, 0.15) is 44.6 Å². The highest BCUT2D eigenvalue weighted by Crippen LogP contribution is 2.31. The number of nitrogens with zero attached hydrogens (tertiary/aromatic N) is 1. The van der Waals surface area contributed by atoms with E-state index in [-0.39, 0.29) is 5.92 Å². The summed E-state index contributed by atoms with van der Waals surface area (Å²) in [5, 5.41) is 11.6. The predicted octanol–water partition coefficient (Wildman–Crippen LogP) is 4.70. The summed E-state index contributed by atoms with van der Waals surface area (Å²) in [5.74, 6) is 0.808. The van der Waals surface area contributed by atoms with Crippen LogP contribution in [0.2, 0.25) is 0 Å². The van der Waals surface area contributed by atoms with Crippen molar-refractivity contribution >= 4 is 16.7 Å². The van der Waals surface area contributed by atoms with Crippen molar-refractivity contribution < 1.29 is 14.6 Å². The van der Waals surface area contributed by atoms with Crippen LogP contribution >= 0.6 is 0 Å². The Morgan fingerprint density at radius 1 is 1.07 bits per heavy atom. The number of hydrogen-bond acceptors (Lipinski definition) is 3. The van der Waals surface area contributed by atoms with Crippen molar-refractivity contribution in [1.82, 2.24) is 4.90 Å². The largest absolute Gasteiger partial charge is 0.490 e. The Bertz CT molecular complexity index is 810. The first kappa shape index (κ1) is 18.3. The van der Waals surface area contributed by atoms with E-state index >= 15 is 0 Å².